The number of hydrogen-bond acceptors (Lipinski definition) is 4. The van der Waals surface area contributed by atoms with Gasteiger partial charge in [0, 0.05) is 21.7 Å². The summed E-state index contributed by atoms with van der Waals surface area (Å²) in [5, 5.41) is 3.93. The molecule has 2 heterocycles. The number of para-hydroxylation sites is 1. The van der Waals surface area contributed by atoms with Gasteiger partial charge in [-0.2, -0.15) is 0 Å². The van der Waals surface area contributed by atoms with Crippen LogP contribution in [0.25, 0.3) is 11.0 Å². The molecular formula is C25H17ClN2O4. The Morgan fingerprint density at radius 2 is 1.72 bits per heavy atom. The van der Waals surface area contributed by atoms with Crippen LogP contribution in [0, 0.1) is 0 Å². The smallest absolute Gasteiger partial charge is 0.349 e. The van der Waals surface area contributed by atoms with Gasteiger partial charge in [-0.1, -0.05) is 60.1 Å². The fourth-order valence-electron chi connectivity index (χ4n) is 4.03. The molecule has 6 nitrogen and oxygen atoms in total. The van der Waals surface area contributed by atoms with Gasteiger partial charge in [-0.15, -0.1) is 0 Å². The van der Waals surface area contributed by atoms with Gasteiger partial charge in [-0.05, 0) is 35.9 Å². The van der Waals surface area contributed by atoms with Crippen molar-refractivity contribution in [2.24, 2.45) is 0 Å². The molecule has 1 aliphatic rings. The van der Waals surface area contributed by atoms with E-state index in [1.54, 1.807) is 42.5 Å². The molecule has 1 unspecified atom stereocenters. The van der Waals surface area contributed by atoms with Crippen LogP contribution >= 0.6 is 11.6 Å². The number of benzene rings is 3. The highest BCUT2D eigenvalue weighted by molar-refractivity contribution is 6.30. The molecule has 32 heavy (non-hydrogen) atoms. The first-order valence-corrected chi connectivity index (χ1v) is 10.4. The van der Waals surface area contributed by atoms with Gasteiger partial charge >= 0.3 is 5.63 Å². The fraction of sp³-hybridized carbons (Fsp3) is 0.0800. The molecule has 1 atom stereocenters. The van der Waals surface area contributed by atoms with E-state index in [4.69, 9.17) is 16.0 Å². The highest BCUT2D eigenvalue weighted by Gasteiger charge is 2.35. The summed E-state index contributed by atoms with van der Waals surface area (Å²) in [6.07, 6.45) is 0. The zero-order chi connectivity index (χ0) is 22.2. The maximum Gasteiger partial charge on any atom is 0.349 e. The van der Waals surface area contributed by atoms with Crippen LogP contribution in [0.15, 0.2) is 88.1 Å². The van der Waals surface area contributed by atoms with Gasteiger partial charge in [0.2, 0.25) is 5.91 Å². The van der Waals surface area contributed by atoms with Gasteiger partial charge in [0.05, 0.1) is 6.04 Å². The predicted molar refractivity (Wildman–Crippen MR) is 122 cm³/mol. The average Bonchev–Trinajstić information content (AvgIpc) is 2.94. The third-order valence-electron chi connectivity index (χ3n) is 5.46. The number of hydrogen-bond donors (Lipinski definition) is 1. The number of carbonyl (C=O) groups is 2. The van der Waals surface area contributed by atoms with Crippen LogP contribution in [-0.2, 0) is 4.79 Å². The molecule has 3 aromatic carbocycles. The Kier molecular flexibility index (Phi) is 4.99. The van der Waals surface area contributed by atoms with Gasteiger partial charge in [-0.25, -0.2) is 4.79 Å². The van der Waals surface area contributed by atoms with Crippen LogP contribution in [0.3, 0.4) is 0 Å². The second-order valence-electron chi connectivity index (χ2n) is 7.51. The van der Waals surface area contributed by atoms with Gasteiger partial charge < -0.3 is 14.6 Å². The van der Waals surface area contributed by atoms with E-state index in [9.17, 15) is 14.4 Å². The summed E-state index contributed by atoms with van der Waals surface area (Å²) in [7, 11) is 0. The molecule has 7 heteroatoms. The van der Waals surface area contributed by atoms with E-state index in [1.165, 1.54) is 11.0 Å². The number of halogens is 1. The van der Waals surface area contributed by atoms with Gasteiger partial charge in [-0.3, -0.25) is 9.59 Å². The minimum Gasteiger partial charge on any atom is -0.422 e. The SMILES string of the molecule is O=C1CN(C(=O)c2cc3ccccc3oc2=O)C(c2ccccc2)c2cc(Cl)ccc2N1. The Balaban J connectivity index is 1.70. The van der Waals surface area contributed by atoms with Crippen LogP contribution in [0.5, 0.6) is 0 Å². The molecule has 0 bridgehead atoms. The molecule has 0 saturated carbocycles. The van der Waals surface area contributed by atoms with E-state index in [2.05, 4.69) is 5.32 Å². The highest BCUT2D eigenvalue weighted by atomic mass is 35.5. The Hall–Kier alpha value is -3.90. The summed E-state index contributed by atoms with van der Waals surface area (Å²) >= 11 is 6.27. The third-order valence-corrected chi connectivity index (χ3v) is 5.69. The van der Waals surface area contributed by atoms with Gasteiger partial charge in [0.25, 0.3) is 5.91 Å². The van der Waals surface area contributed by atoms with E-state index >= 15 is 0 Å². The molecule has 0 spiro atoms. The van der Waals surface area contributed by atoms with Crippen LogP contribution in [0.4, 0.5) is 5.69 Å². The van der Waals surface area contributed by atoms with Crippen molar-refractivity contribution in [1.29, 1.82) is 0 Å². The molecule has 1 aromatic heterocycles. The van der Waals surface area contributed by atoms with E-state index < -0.39 is 17.6 Å². The highest BCUT2D eigenvalue weighted by Crippen LogP contribution is 2.37. The first-order valence-electron chi connectivity index (χ1n) is 9.99. The second kappa shape index (κ2) is 7.98. The molecule has 1 aliphatic heterocycles. The molecule has 1 N–H and O–H groups in total. The lowest BCUT2D eigenvalue weighted by atomic mass is 9.95. The number of carbonyl (C=O) groups excluding carboxylic acids is 2. The standard InChI is InChI=1S/C25H17ClN2O4/c26-17-10-11-20-18(13-17)23(15-6-2-1-3-7-15)28(14-22(29)27-20)24(30)19-12-16-8-4-5-9-21(16)32-25(19)31/h1-13,23H,14H2,(H,27,29). The van der Waals surface area contributed by atoms with Crippen molar-refractivity contribution in [3.63, 3.8) is 0 Å². The monoisotopic (exact) mass is 444 g/mol. The number of nitrogens with one attached hydrogen (secondary N) is 1. The number of amides is 2. The zero-order valence-electron chi connectivity index (χ0n) is 16.7. The maximum absolute atomic E-state index is 13.7. The first-order chi connectivity index (χ1) is 15.5. The molecule has 5 rings (SSSR count). The van der Waals surface area contributed by atoms with Gasteiger partial charge in [0.1, 0.15) is 17.7 Å². The van der Waals surface area contributed by atoms with Crippen molar-refractivity contribution < 1.29 is 14.0 Å². The van der Waals surface area contributed by atoms with E-state index in [1.807, 2.05) is 30.3 Å². The zero-order valence-corrected chi connectivity index (χ0v) is 17.5. The van der Waals surface area contributed by atoms with Crippen molar-refractivity contribution in [2.75, 3.05) is 11.9 Å². The largest absolute Gasteiger partial charge is 0.422 e. The predicted octanol–water partition coefficient (Wildman–Crippen LogP) is 4.63. The van der Waals surface area contributed by atoms with Crippen molar-refractivity contribution in [3.8, 4) is 0 Å². The van der Waals surface area contributed by atoms with Crippen LogP contribution in [-0.4, -0.2) is 23.3 Å². The minimum atomic E-state index is -0.753. The molecule has 0 saturated heterocycles. The summed E-state index contributed by atoms with van der Waals surface area (Å²) in [5.41, 5.74) is 1.51. The molecule has 0 radical (unpaired) electrons. The molecule has 2 amide bonds. The average molecular weight is 445 g/mol. The van der Waals surface area contributed by atoms with Crippen molar-refractivity contribution in [2.45, 2.75) is 6.04 Å². The van der Waals surface area contributed by atoms with Crippen LogP contribution < -0.4 is 10.9 Å². The number of anilines is 1. The lowest BCUT2D eigenvalue weighted by Crippen LogP contribution is -2.40. The molecule has 0 fully saturated rings. The Bertz CT molecular complexity index is 1410. The summed E-state index contributed by atoms with van der Waals surface area (Å²) < 4.78 is 5.37. The molecule has 4 aromatic rings. The summed E-state index contributed by atoms with van der Waals surface area (Å²) in [4.78, 5) is 40.5. The molecule has 158 valence electrons. The quantitative estimate of drug-likeness (QED) is 0.457. The summed E-state index contributed by atoms with van der Waals surface area (Å²) in [5.74, 6) is -0.966. The van der Waals surface area contributed by atoms with E-state index in [0.29, 0.717) is 27.2 Å². The van der Waals surface area contributed by atoms with E-state index in [0.717, 1.165) is 5.56 Å². The number of nitrogens with zero attached hydrogens (tertiary/aromatic N) is 1. The van der Waals surface area contributed by atoms with Crippen molar-refractivity contribution in [3.05, 3.63) is 111 Å². The lowest BCUT2D eigenvalue weighted by molar-refractivity contribution is -0.117. The second-order valence-corrected chi connectivity index (χ2v) is 7.95. The minimum absolute atomic E-state index is 0.136. The summed E-state index contributed by atoms with van der Waals surface area (Å²) in [6.45, 7) is -0.239. The van der Waals surface area contributed by atoms with Crippen molar-refractivity contribution in [1.82, 2.24) is 4.90 Å². The fourth-order valence-corrected chi connectivity index (χ4v) is 4.21. The lowest BCUT2D eigenvalue weighted by Gasteiger charge is -2.30. The molecular weight excluding hydrogens is 428 g/mol. The van der Waals surface area contributed by atoms with Crippen molar-refractivity contribution >= 4 is 40.1 Å². The van der Waals surface area contributed by atoms with Crippen LogP contribution in [0.2, 0.25) is 5.02 Å². The molecule has 0 aliphatic carbocycles. The van der Waals surface area contributed by atoms with Crippen LogP contribution in [0.1, 0.15) is 27.5 Å². The Morgan fingerprint density at radius 1 is 0.969 bits per heavy atom. The Labute approximate surface area is 188 Å². The Morgan fingerprint density at radius 3 is 2.53 bits per heavy atom. The third kappa shape index (κ3) is 3.55. The first kappa shape index (κ1) is 20.0. The maximum atomic E-state index is 13.7. The summed E-state index contributed by atoms with van der Waals surface area (Å²) in [6, 6.07) is 22.3. The van der Waals surface area contributed by atoms with Gasteiger partial charge in [0.15, 0.2) is 0 Å². The van der Waals surface area contributed by atoms with E-state index in [-0.39, 0.29) is 18.0 Å². The number of fused-ring (bicyclic) bond motifs is 2. The number of rotatable bonds is 2. The topological polar surface area (TPSA) is 79.6 Å². The normalized spacial score (nSPS) is 15.7.